The highest BCUT2D eigenvalue weighted by molar-refractivity contribution is 7.99. The van der Waals surface area contributed by atoms with E-state index in [9.17, 15) is 9.18 Å². The van der Waals surface area contributed by atoms with Crippen molar-refractivity contribution < 1.29 is 9.18 Å². The van der Waals surface area contributed by atoms with Crippen LogP contribution in [0.3, 0.4) is 0 Å². The Bertz CT molecular complexity index is 1400. The van der Waals surface area contributed by atoms with E-state index in [2.05, 4.69) is 25.7 Å². The van der Waals surface area contributed by atoms with E-state index in [1.807, 2.05) is 48.5 Å². The fraction of sp³-hybridized carbons (Fsp3) is 0.0435. The molecule has 5 aromatic rings. The fourth-order valence-corrected chi connectivity index (χ4v) is 4.08. The van der Waals surface area contributed by atoms with Crippen LogP contribution >= 0.6 is 11.8 Å². The molecule has 5 rings (SSSR count). The Kier molecular flexibility index (Phi) is 5.39. The zero-order valence-corrected chi connectivity index (χ0v) is 17.5. The maximum atomic E-state index is 14.5. The summed E-state index contributed by atoms with van der Waals surface area (Å²) in [5.41, 5.74) is 2.63. The van der Waals surface area contributed by atoms with Gasteiger partial charge in [0.2, 0.25) is 5.91 Å². The Balaban J connectivity index is 1.39. The number of fused-ring (bicyclic) bond motifs is 1. The smallest absolute Gasteiger partial charge is 0.234 e. The second kappa shape index (κ2) is 8.64. The first kappa shape index (κ1) is 20.0. The minimum atomic E-state index is -0.388. The first-order valence-corrected chi connectivity index (χ1v) is 10.8. The zero-order chi connectivity index (χ0) is 21.9. The van der Waals surface area contributed by atoms with Crippen LogP contribution in [-0.2, 0) is 4.79 Å². The number of amides is 1. The van der Waals surface area contributed by atoms with Gasteiger partial charge in [0.15, 0.2) is 11.0 Å². The molecule has 0 saturated heterocycles. The minimum absolute atomic E-state index is 0.114. The maximum absolute atomic E-state index is 14.5. The molecule has 0 aliphatic rings. The molecule has 0 atom stereocenters. The SMILES string of the molecule is O=C(CSc1nnc(-c2ccccc2F)n1-c1ccccc1)Nc1ccc2cn[nH]c2c1. The Labute approximate surface area is 186 Å². The fourth-order valence-electron chi connectivity index (χ4n) is 3.33. The molecule has 0 aliphatic carbocycles. The molecule has 158 valence electrons. The number of hydrogen-bond donors (Lipinski definition) is 2. The van der Waals surface area contributed by atoms with Gasteiger partial charge in [0.05, 0.1) is 23.0 Å². The van der Waals surface area contributed by atoms with Gasteiger partial charge in [-0.1, -0.05) is 42.1 Å². The van der Waals surface area contributed by atoms with Gasteiger partial charge in [-0.05, 0) is 42.5 Å². The second-order valence-electron chi connectivity index (χ2n) is 6.97. The average molecular weight is 444 g/mol. The molecule has 0 aliphatic heterocycles. The predicted octanol–water partition coefficient (Wildman–Crippen LogP) is 4.68. The van der Waals surface area contributed by atoms with Gasteiger partial charge in [-0.2, -0.15) is 5.10 Å². The lowest BCUT2D eigenvalue weighted by molar-refractivity contribution is -0.113. The van der Waals surface area contributed by atoms with Crippen LogP contribution in [0.1, 0.15) is 0 Å². The van der Waals surface area contributed by atoms with Crippen LogP contribution < -0.4 is 5.32 Å². The number of nitrogens with one attached hydrogen (secondary N) is 2. The molecule has 2 heterocycles. The molecule has 0 fully saturated rings. The van der Waals surface area contributed by atoms with Crippen molar-refractivity contribution in [3.8, 4) is 17.1 Å². The topological polar surface area (TPSA) is 88.5 Å². The van der Waals surface area contributed by atoms with E-state index in [0.717, 1.165) is 16.6 Å². The summed E-state index contributed by atoms with van der Waals surface area (Å²) >= 11 is 1.23. The van der Waals surface area contributed by atoms with Gasteiger partial charge >= 0.3 is 0 Å². The predicted molar refractivity (Wildman–Crippen MR) is 122 cm³/mol. The number of carbonyl (C=O) groups is 1. The van der Waals surface area contributed by atoms with Crippen molar-refractivity contribution in [1.82, 2.24) is 25.0 Å². The Morgan fingerprint density at radius 2 is 1.84 bits per heavy atom. The van der Waals surface area contributed by atoms with E-state index >= 15 is 0 Å². The van der Waals surface area contributed by atoms with Gasteiger partial charge in [0, 0.05) is 16.8 Å². The van der Waals surface area contributed by atoms with Crippen LogP contribution in [0.4, 0.5) is 10.1 Å². The molecule has 0 spiro atoms. The molecule has 1 amide bonds. The lowest BCUT2D eigenvalue weighted by Crippen LogP contribution is -2.14. The number of aromatic amines is 1. The van der Waals surface area contributed by atoms with Crippen LogP contribution in [0, 0.1) is 5.82 Å². The van der Waals surface area contributed by atoms with Crippen LogP contribution in [0.5, 0.6) is 0 Å². The highest BCUT2D eigenvalue weighted by Gasteiger charge is 2.19. The number of H-pyrrole nitrogens is 1. The Morgan fingerprint density at radius 1 is 1.03 bits per heavy atom. The molecule has 32 heavy (non-hydrogen) atoms. The monoisotopic (exact) mass is 444 g/mol. The number of rotatable bonds is 6. The lowest BCUT2D eigenvalue weighted by atomic mass is 10.2. The number of halogens is 1. The lowest BCUT2D eigenvalue weighted by Gasteiger charge is -2.11. The van der Waals surface area contributed by atoms with Crippen LogP contribution in [-0.4, -0.2) is 36.6 Å². The number of nitrogens with zero attached hydrogens (tertiary/aromatic N) is 4. The van der Waals surface area contributed by atoms with Gasteiger partial charge < -0.3 is 5.32 Å². The van der Waals surface area contributed by atoms with Gasteiger partial charge in [0.1, 0.15) is 5.82 Å². The quantitative estimate of drug-likeness (QED) is 0.371. The van der Waals surface area contributed by atoms with E-state index in [0.29, 0.717) is 22.2 Å². The van der Waals surface area contributed by atoms with E-state index in [-0.39, 0.29) is 17.5 Å². The summed E-state index contributed by atoms with van der Waals surface area (Å²) in [5, 5.41) is 19.7. The minimum Gasteiger partial charge on any atom is -0.325 e. The first-order valence-electron chi connectivity index (χ1n) is 9.80. The van der Waals surface area contributed by atoms with Crippen molar-refractivity contribution in [2.45, 2.75) is 5.16 Å². The number of para-hydroxylation sites is 1. The van der Waals surface area contributed by atoms with Crippen molar-refractivity contribution in [2.24, 2.45) is 0 Å². The van der Waals surface area contributed by atoms with E-state index in [4.69, 9.17) is 0 Å². The molecule has 2 aromatic heterocycles. The number of benzene rings is 3. The average Bonchev–Trinajstić information content (AvgIpc) is 3.45. The standard InChI is InChI=1S/C23H17FN6OS/c24-19-9-5-4-8-18(19)22-28-29-23(30(22)17-6-2-1-3-7-17)32-14-21(31)26-16-11-10-15-13-25-27-20(15)12-16/h1-13H,14H2,(H,25,27)(H,26,31). The summed E-state index contributed by atoms with van der Waals surface area (Å²) in [6, 6.07) is 21.4. The maximum Gasteiger partial charge on any atom is 0.234 e. The van der Waals surface area contributed by atoms with E-state index in [1.165, 1.54) is 17.8 Å². The number of thioether (sulfide) groups is 1. The molecule has 0 radical (unpaired) electrons. The van der Waals surface area contributed by atoms with Crippen molar-refractivity contribution in [1.29, 1.82) is 0 Å². The molecule has 3 aromatic carbocycles. The molecule has 2 N–H and O–H groups in total. The van der Waals surface area contributed by atoms with Crippen molar-refractivity contribution in [2.75, 3.05) is 11.1 Å². The highest BCUT2D eigenvalue weighted by atomic mass is 32.2. The zero-order valence-electron chi connectivity index (χ0n) is 16.7. The normalized spacial score (nSPS) is 11.0. The van der Waals surface area contributed by atoms with E-state index in [1.54, 1.807) is 29.0 Å². The third kappa shape index (κ3) is 3.97. The number of hydrogen-bond acceptors (Lipinski definition) is 5. The molecular weight excluding hydrogens is 427 g/mol. The van der Waals surface area contributed by atoms with Crippen molar-refractivity contribution in [3.05, 3.63) is 84.8 Å². The van der Waals surface area contributed by atoms with Gasteiger partial charge in [0.25, 0.3) is 0 Å². The number of anilines is 1. The second-order valence-corrected chi connectivity index (χ2v) is 7.91. The Hall–Kier alpha value is -3.98. The summed E-state index contributed by atoms with van der Waals surface area (Å²) < 4.78 is 16.2. The molecule has 0 unspecified atom stereocenters. The molecular formula is C23H17FN6OS. The summed E-state index contributed by atoms with van der Waals surface area (Å²) in [6.07, 6.45) is 1.72. The molecule has 0 bridgehead atoms. The molecule has 0 saturated carbocycles. The van der Waals surface area contributed by atoms with Crippen LogP contribution in [0.25, 0.3) is 28.0 Å². The number of aromatic nitrogens is 5. The van der Waals surface area contributed by atoms with Gasteiger partial charge in [-0.25, -0.2) is 4.39 Å². The first-order chi connectivity index (χ1) is 15.7. The van der Waals surface area contributed by atoms with Crippen LogP contribution in [0.2, 0.25) is 0 Å². The largest absolute Gasteiger partial charge is 0.325 e. The highest BCUT2D eigenvalue weighted by Crippen LogP contribution is 2.29. The van der Waals surface area contributed by atoms with E-state index < -0.39 is 0 Å². The molecule has 7 nitrogen and oxygen atoms in total. The summed E-state index contributed by atoms with van der Waals surface area (Å²) in [7, 11) is 0. The summed E-state index contributed by atoms with van der Waals surface area (Å²) in [4.78, 5) is 12.6. The van der Waals surface area contributed by atoms with Gasteiger partial charge in [-0.15, -0.1) is 10.2 Å². The Morgan fingerprint density at radius 3 is 2.69 bits per heavy atom. The van der Waals surface area contributed by atoms with Crippen molar-refractivity contribution in [3.63, 3.8) is 0 Å². The summed E-state index contributed by atoms with van der Waals surface area (Å²) in [6.45, 7) is 0. The third-order valence-electron chi connectivity index (χ3n) is 4.82. The van der Waals surface area contributed by atoms with Crippen molar-refractivity contribution >= 4 is 34.3 Å². The third-order valence-corrected chi connectivity index (χ3v) is 5.75. The van der Waals surface area contributed by atoms with Gasteiger partial charge in [-0.3, -0.25) is 14.5 Å². The summed E-state index contributed by atoms with van der Waals surface area (Å²) in [5.74, 6) is -0.0881. The molecule has 9 heteroatoms. The number of carbonyl (C=O) groups excluding carboxylic acids is 1. The van der Waals surface area contributed by atoms with Crippen LogP contribution in [0.15, 0.2) is 84.1 Å².